The smallest absolute Gasteiger partial charge is 0.335 e. The van der Waals surface area contributed by atoms with E-state index < -0.39 is 5.97 Å². The number of carbonyl (C=O) groups excluding carboxylic acids is 1. The van der Waals surface area contributed by atoms with Gasteiger partial charge in [0.1, 0.15) is 0 Å². The number of piperazine rings is 1. The summed E-state index contributed by atoms with van der Waals surface area (Å²) in [5, 5.41) is 9.66. The highest BCUT2D eigenvalue weighted by Gasteiger charge is 2.23. The van der Waals surface area contributed by atoms with E-state index in [4.69, 9.17) is 16.7 Å². The van der Waals surface area contributed by atoms with Crippen molar-refractivity contribution in [3.63, 3.8) is 0 Å². The van der Waals surface area contributed by atoms with E-state index in [0.717, 1.165) is 43.2 Å². The predicted octanol–water partition coefficient (Wildman–Crippen LogP) is 5.67. The highest BCUT2D eigenvalue weighted by Crippen LogP contribution is 2.30. The number of benzene rings is 3. The number of aromatic carboxylic acids is 1. The van der Waals surface area contributed by atoms with Gasteiger partial charge in [0.2, 0.25) is 0 Å². The number of nitrogens with zero attached hydrogens (tertiary/aromatic N) is 3. The van der Waals surface area contributed by atoms with Crippen molar-refractivity contribution in [3.8, 4) is 0 Å². The predicted molar refractivity (Wildman–Crippen MR) is 142 cm³/mol. The Bertz CT molecular complexity index is 1170. The van der Waals surface area contributed by atoms with Crippen LogP contribution in [0.4, 0.5) is 17.1 Å². The van der Waals surface area contributed by atoms with Gasteiger partial charge in [-0.05, 0) is 60.5 Å². The molecule has 35 heavy (non-hydrogen) atoms. The van der Waals surface area contributed by atoms with Crippen LogP contribution in [-0.4, -0.2) is 49.7 Å². The number of anilines is 3. The molecule has 1 aliphatic heterocycles. The fraction of sp³-hybridized carbons (Fsp3) is 0.286. The Hall–Kier alpha value is -3.51. The lowest BCUT2D eigenvalue weighted by Crippen LogP contribution is -2.46. The molecule has 4 rings (SSSR count). The normalized spacial score (nSPS) is 13.7. The summed E-state index contributed by atoms with van der Waals surface area (Å²) in [5.74, 6) is -0.660. The molecule has 3 aromatic carbocycles. The quantitative estimate of drug-likeness (QED) is 0.461. The molecule has 1 fully saturated rings. The van der Waals surface area contributed by atoms with Crippen molar-refractivity contribution in [1.82, 2.24) is 0 Å². The second-order valence-corrected chi connectivity index (χ2v) is 9.54. The number of hydrogen-bond acceptors (Lipinski definition) is 4. The van der Waals surface area contributed by atoms with E-state index in [9.17, 15) is 9.59 Å². The summed E-state index contributed by atoms with van der Waals surface area (Å²) in [6, 6.07) is 22.2. The number of amides is 1. The molecule has 0 atom stereocenters. The van der Waals surface area contributed by atoms with E-state index in [-0.39, 0.29) is 11.5 Å². The van der Waals surface area contributed by atoms with Gasteiger partial charge in [-0.2, -0.15) is 0 Å². The highest BCUT2D eigenvalue weighted by atomic mass is 35.5. The van der Waals surface area contributed by atoms with E-state index in [1.54, 1.807) is 18.2 Å². The zero-order chi connectivity index (χ0) is 24.9. The zero-order valence-corrected chi connectivity index (χ0v) is 20.8. The maximum atomic E-state index is 13.4. The molecule has 0 unspecified atom stereocenters. The molecule has 0 aliphatic carbocycles. The Kier molecular flexibility index (Phi) is 7.61. The van der Waals surface area contributed by atoms with Crippen molar-refractivity contribution < 1.29 is 14.7 Å². The molecule has 0 bridgehead atoms. The molecule has 0 saturated carbocycles. The summed E-state index contributed by atoms with van der Waals surface area (Å²) in [6.07, 6.45) is 0. The molecule has 0 radical (unpaired) electrons. The fourth-order valence-corrected chi connectivity index (χ4v) is 4.65. The molecule has 1 N–H and O–H groups in total. The minimum absolute atomic E-state index is 0.0621. The van der Waals surface area contributed by atoms with Crippen LogP contribution in [-0.2, 0) is 0 Å². The van der Waals surface area contributed by atoms with Crippen LogP contribution in [0.3, 0.4) is 0 Å². The first kappa shape index (κ1) is 24.6. The summed E-state index contributed by atoms with van der Waals surface area (Å²) in [7, 11) is 0. The number of carbonyl (C=O) groups is 2. The van der Waals surface area contributed by atoms with Crippen molar-refractivity contribution in [1.29, 1.82) is 0 Å². The number of hydrogen-bond donors (Lipinski definition) is 1. The lowest BCUT2D eigenvalue weighted by molar-refractivity contribution is 0.0696. The molecule has 182 valence electrons. The van der Waals surface area contributed by atoms with E-state index >= 15 is 0 Å². The highest BCUT2D eigenvalue weighted by molar-refractivity contribution is 6.33. The molecule has 1 saturated heterocycles. The Morgan fingerprint density at radius 1 is 0.886 bits per heavy atom. The minimum Gasteiger partial charge on any atom is -0.478 e. The van der Waals surface area contributed by atoms with Crippen LogP contribution in [0.2, 0.25) is 5.02 Å². The molecule has 6 nitrogen and oxygen atoms in total. The van der Waals surface area contributed by atoms with Gasteiger partial charge in [-0.1, -0.05) is 43.6 Å². The molecule has 0 aromatic heterocycles. The van der Waals surface area contributed by atoms with Gasteiger partial charge in [-0.3, -0.25) is 4.79 Å². The molecule has 1 amide bonds. The first-order chi connectivity index (χ1) is 16.8. The van der Waals surface area contributed by atoms with Crippen LogP contribution in [0.5, 0.6) is 0 Å². The Balaban J connectivity index is 1.45. The van der Waals surface area contributed by atoms with E-state index in [1.165, 1.54) is 0 Å². The van der Waals surface area contributed by atoms with Crippen LogP contribution >= 0.6 is 11.6 Å². The largest absolute Gasteiger partial charge is 0.478 e. The summed E-state index contributed by atoms with van der Waals surface area (Å²) < 4.78 is 0. The summed E-state index contributed by atoms with van der Waals surface area (Å²) in [6.45, 7) is 7.95. The lowest BCUT2D eigenvalue weighted by atomic mass is 10.1. The van der Waals surface area contributed by atoms with E-state index in [1.807, 2.05) is 59.5 Å². The fourth-order valence-electron chi connectivity index (χ4n) is 4.35. The Morgan fingerprint density at radius 3 is 2.06 bits per heavy atom. The topological polar surface area (TPSA) is 64.1 Å². The maximum absolute atomic E-state index is 13.4. The van der Waals surface area contributed by atoms with Gasteiger partial charge in [0.05, 0.1) is 16.3 Å². The van der Waals surface area contributed by atoms with Gasteiger partial charge in [0, 0.05) is 49.7 Å². The third-order valence-electron chi connectivity index (χ3n) is 6.16. The van der Waals surface area contributed by atoms with Crippen molar-refractivity contribution in [2.24, 2.45) is 5.92 Å². The summed E-state index contributed by atoms with van der Waals surface area (Å²) >= 11 is 6.68. The maximum Gasteiger partial charge on any atom is 0.335 e. The van der Waals surface area contributed by atoms with Crippen LogP contribution < -0.4 is 14.7 Å². The van der Waals surface area contributed by atoms with Crippen molar-refractivity contribution >= 4 is 40.5 Å². The van der Waals surface area contributed by atoms with Crippen molar-refractivity contribution in [2.45, 2.75) is 13.8 Å². The average Bonchev–Trinajstić information content (AvgIpc) is 2.87. The Morgan fingerprint density at radius 2 is 1.49 bits per heavy atom. The van der Waals surface area contributed by atoms with Gasteiger partial charge in [-0.25, -0.2) is 4.79 Å². The van der Waals surface area contributed by atoms with Crippen molar-refractivity contribution in [2.75, 3.05) is 47.4 Å². The number of rotatable bonds is 7. The second kappa shape index (κ2) is 10.8. The van der Waals surface area contributed by atoms with Crippen LogP contribution in [0.15, 0.2) is 72.8 Å². The van der Waals surface area contributed by atoms with Gasteiger partial charge < -0.3 is 19.8 Å². The standard InChI is InChI=1S/C28H30ClN3O3/c1-20(2)19-32(24-6-4-3-5-7-24)27(33)22-10-13-26(25(29)18-22)31-16-14-30(15-17-31)23-11-8-21(9-12-23)28(34)35/h3-13,18,20H,14-17,19H2,1-2H3,(H,34,35). The third kappa shape index (κ3) is 5.77. The molecule has 1 aliphatic rings. The number of halogens is 1. The van der Waals surface area contributed by atoms with Gasteiger partial charge in [0.25, 0.3) is 5.91 Å². The number of carboxylic acids is 1. The van der Waals surface area contributed by atoms with Crippen LogP contribution in [0.25, 0.3) is 0 Å². The zero-order valence-electron chi connectivity index (χ0n) is 20.0. The van der Waals surface area contributed by atoms with Crippen LogP contribution in [0.1, 0.15) is 34.6 Å². The lowest BCUT2D eigenvalue weighted by Gasteiger charge is -2.37. The van der Waals surface area contributed by atoms with Crippen LogP contribution in [0, 0.1) is 5.92 Å². The molecule has 3 aromatic rings. The molecular weight excluding hydrogens is 462 g/mol. The summed E-state index contributed by atoms with van der Waals surface area (Å²) in [5.41, 5.74) is 3.65. The number of para-hydroxylation sites is 1. The minimum atomic E-state index is -0.922. The monoisotopic (exact) mass is 491 g/mol. The first-order valence-electron chi connectivity index (χ1n) is 11.8. The van der Waals surface area contributed by atoms with E-state index in [0.29, 0.717) is 23.0 Å². The third-order valence-corrected chi connectivity index (χ3v) is 6.46. The second-order valence-electron chi connectivity index (χ2n) is 9.14. The average molecular weight is 492 g/mol. The molecule has 7 heteroatoms. The first-order valence-corrected chi connectivity index (χ1v) is 12.2. The van der Waals surface area contributed by atoms with Gasteiger partial charge in [-0.15, -0.1) is 0 Å². The Labute approximate surface area is 211 Å². The van der Waals surface area contributed by atoms with E-state index in [2.05, 4.69) is 23.6 Å². The van der Waals surface area contributed by atoms with Gasteiger partial charge in [0.15, 0.2) is 0 Å². The molecule has 1 heterocycles. The summed E-state index contributed by atoms with van der Waals surface area (Å²) in [4.78, 5) is 30.8. The molecule has 0 spiro atoms. The SMILES string of the molecule is CC(C)CN(C(=O)c1ccc(N2CCN(c3ccc(C(=O)O)cc3)CC2)c(Cl)c1)c1ccccc1. The molecular formula is C28H30ClN3O3. The van der Waals surface area contributed by atoms with Gasteiger partial charge >= 0.3 is 5.97 Å². The van der Waals surface area contributed by atoms with Crippen molar-refractivity contribution in [3.05, 3.63) is 88.9 Å². The number of carboxylic acid groups (broad SMARTS) is 1.